The largest absolute Gasteiger partial charge is 0.367 e. The van der Waals surface area contributed by atoms with Crippen molar-refractivity contribution in [1.82, 2.24) is 9.78 Å². The number of carbonyl (C=O) groups is 1. The zero-order valence-corrected chi connectivity index (χ0v) is 12.6. The number of hydrogen-bond acceptors (Lipinski definition) is 3. The summed E-state index contributed by atoms with van der Waals surface area (Å²) in [7, 11) is 1.53. The standard InChI is InChI=1S/C16H21N3O2/c1-12(2)11-19-14(9-10-17-19)18-16(20)15(21-3)13-7-5-4-6-8-13/h4-10,12,15H,11H2,1-3H3,(H,18,20). The molecule has 2 aromatic rings. The molecule has 0 radical (unpaired) electrons. The van der Waals surface area contributed by atoms with Crippen LogP contribution in [0.25, 0.3) is 0 Å². The van der Waals surface area contributed by atoms with E-state index in [1.165, 1.54) is 7.11 Å². The molecule has 1 atom stereocenters. The van der Waals surface area contributed by atoms with E-state index >= 15 is 0 Å². The van der Waals surface area contributed by atoms with Crippen LogP contribution < -0.4 is 5.32 Å². The highest BCUT2D eigenvalue weighted by Crippen LogP contribution is 2.19. The molecule has 2 rings (SSSR count). The number of amides is 1. The van der Waals surface area contributed by atoms with Gasteiger partial charge < -0.3 is 10.1 Å². The van der Waals surface area contributed by atoms with Gasteiger partial charge >= 0.3 is 0 Å². The molecule has 1 unspecified atom stereocenters. The number of benzene rings is 1. The maximum absolute atomic E-state index is 12.4. The molecule has 1 N–H and O–H groups in total. The van der Waals surface area contributed by atoms with Crippen molar-refractivity contribution in [3.05, 3.63) is 48.2 Å². The van der Waals surface area contributed by atoms with E-state index in [-0.39, 0.29) is 5.91 Å². The highest BCUT2D eigenvalue weighted by atomic mass is 16.5. The number of ether oxygens (including phenoxy) is 1. The summed E-state index contributed by atoms with van der Waals surface area (Å²) < 4.78 is 7.12. The van der Waals surface area contributed by atoms with Crippen molar-refractivity contribution in [2.24, 2.45) is 5.92 Å². The van der Waals surface area contributed by atoms with E-state index in [0.717, 1.165) is 12.1 Å². The van der Waals surface area contributed by atoms with Gasteiger partial charge in [-0.05, 0) is 11.5 Å². The van der Waals surface area contributed by atoms with Crippen LogP contribution in [-0.4, -0.2) is 22.8 Å². The molecule has 112 valence electrons. The number of carbonyl (C=O) groups excluding carboxylic acids is 1. The Morgan fingerprint density at radius 3 is 2.62 bits per heavy atom. The van der Waals surface area contributed by atoms with Gasteiger partial charge in [-0.25, -0.2) is 4.68 Å². The van der Waals surface area contributed by atoms with Gasteiger partial charge in [0.1, 0.15) is 5.82 Å². The maximum atomic E-state index is 12.4. The fraction of sp³-hybridized carbons (Fsp3) is 0.375. The molecule has 21 heavy (non-hydrogen) atoms. The van der Waals surface area contributed by atoms with Crippen LogP contribution >= 0.6 is 0 Å². The van der Waals surface area contributed by atoms with Crippen molar-refractivity contribution in [1.29, 1.82) is 0 Å². The Morgan fingerprint density at radius 1 is 1.29 bits per heavy atom. The van der Waals surface area contributed by atoms with Crippen LogP contribution in [0.2, 0.25) is 0 Å². The first-order valence-corrected chi connectivity index (χ1v) is 7.02. The van der Waals surface area contributed by atoms with Crippen molar-refractivity contribution in [2.75, 3.05) is 12.4 Å². The molecule has 0 aliphatic rings. The van der Waals surface area contributed by atoms with E-state index < -0.39 is 6.10 Å². The average molecular weight is 287 g/mol. The van der Waals surface area contributed by atoms with E-state index in [4.69, 9.17) is 4.74 Å². The Hall–Kier alpha value is -2.14. The minimum atomic E-state index is -0.631. The summed E-state index contributed by atoms with van der Waals surface area (Å²) in [5, 5.41) is 7.11. The molecule has 0 saturated carbocycles. The third-order valence-electron chi connectivity index (χ3n) is 3.08. The molecular weight excluding hydrogens is 266 g/mol. The van der Waals surface area contributed by atoms with E-state index in [2.05, 4.69) is 24.3 Å². The van der Waals surface area contributed by atoms with E-state index in [0.29, 0.717) is 11.7 Å². The number of nitrogens with one attached hydrogen (secondary N) is 1. The Balaban J connectivity index is 2.12. The predicted octanol–water partition coefficient (Wildman–Crippen LogP) is 2.87. The second-order valence-corrected chi connectivity index (χ2v) is 5.31. The molecule has 1 aromatic carbocycles. The SMILES string of the molecule is COC(C(=O)Nc1ccnn1CC(C)C)c1ccccc1. The summed E-state index contributed by atoms with van der Waals surface area (Å²) in [4.78, 5) is 12.4. The van der Waals surface area contributed by atoms with Crippen LogP contribution in [0.1, 0.15) is 25.5 Å². The fourth-order valence-electron chi connectivity index (χ4n) is 2.14. The molecule has 1 aromatic heterocycles. The number of nitrogens with zero attached hydrogens (tertiary/aromatic N) is 2. The molecule has 5 nitrogen and oxygen atoms in total. The molecule has 1 amide bonds. The number of rotatable bonds is 6. The van der Waals surface area contributed by atoms with Crippen molar-refractivity contribution < 1.29 is 9.53 Å². The molecular formula is C16H21N3O2. The minimum absolute atomic E-state index is 0.200. The van der Waals surface area contributed by atoms with Crippen LogP contribution in [0.3, 0.4) is 0 Å². The highest BCUT2D eigenvalue weighted by molar-refractivity contribution is 5.94. The van der Waals surface area contributed by atoms with E-state index in [1.54, 1.807) is 16.9 Å². The zero-order chi connectivity index (χ0) is 15.2. The Labute approximate surface area is 124 Å². The monoisotopic (exact) mass is 287 g/mol. The maximum Gasteiger partial charge on any atom is 0.259 e. The Kier molecular flexibility index (Phi) is 5.11. The van der Waals surface area contributed by atoms with Crippen LogP contribution in [0, 0.1) is 5.92 Å². The first-order valence-electron chi connectivity index (χ1n) is 7.02. The number of hydrogen-bond donors (Lipinski definition) is 1. The summed E-state index contributed by atoms with van der Waals surface area (Å²) in [6.07, 6.45) is 1.05. The lowest BCUT2D eigenvalue weighted by Gasteiger charge is -2.16. The van der Waals surface area contributed by atoms with Crippen molar-refractivity contribution in [3.8, 4) is 0 Å². The molecule has 0 bridgehead atoms. The van der Waals surface area contributed by atoms with E-state index in [9.17, 15) is 4.79 Å². The van der Waals surface area contributed by atoms with E-state index in [1.807, 2.05) is 30.3 Å². The fourth-order valence-corrected chi connectivity index (χ4v) is 2.14. The number of methoxy groups -OCH3 is 1. The third-order valence-corrected chi connectivity index (χ3v) is 3.08. The van der Waals surface area contributed by atoms with Crippen molar-refractivity contribution in [3.63, 3.8) is 0 Å². The number of anilines is 1. The molecule has 0 aliphatic carbocycles. The van der Waals surface area contributed by atoms with Crippen LogP contribution in [0.15, 0.2) is 42.6 Å². The zero-order valence-electron chi connectivity index (χ0n) is 12.6. The average Bonchev–Trinajstić information content (AvgIpc) is 2.87. The summed E-state index contributed by atoms with van der Waals surface area (Å²) in [5.41, 5.74) is 0.826. The molecule has 1 heterocycles. The minimum Gasteiger partial charge on any atom is -0.367 e. The first kappa shape index (κ1) is 15.3. The molecule has 0 saturated heterocycles. The van der Waals surface area contributed by atoms with Crippen molar-refractivity contribution >= 4 is 11.7 Å². The van der Waals surface area contributed by atoms with Gasteiger partial charge in [-0.15, -0.1) is 0 Å². The smallest absolute Gasteiger partial charge is 0.259 e. The molecule has 0 spiro atoms. The lowest BCUT2D eigenvalue weighted by atomic mass is 10.1. The Bertz CT molecular complexity index is 578. The first-order chi connectivity index (χ1) is 10.1. The van der Waals surface area contributed by atoms with Crippen LogP contribution in [0.5, 0.6) is 0 Å². The quantitative estimate of drug-likeness (QED) is 0.888. The van der Waals surface area contributed by atoms with Gasteiger partial charge in [0, 0.05) is 19.7 Å². The van der Waals surface area contributed by atoms with Gasteiger partial charge in [0.05, 0.1) is 6.20 Å². The van der Waals surface area contributed by atoms with Gasteiger partial charge in [-0.2, -0.15) is 5.10 Å². The molecule has 5 heteroatoms. The normalized spacial score (nSPS) is 12.4. The second-order valence-electron chi connectivity index (χ2n) is 5.31. The summed E-state index contributed by atoms with van der Waals surface area (Å²) >= 11 is 0. The van der Waals surface area contributed by atoms with Crippen LogP contribution in [0.4, 0.5) is 5.82 Å². The summed E-state index contributed by atoms with van der Waals surface area (Å²) in [6.45, 7) is 4.97. The summed E-state index contributed by atoms with van der Waals surface area (Å²) in [6, 6.07) is 11.2. The van der Waals surface area contributed by atoms with Gasteiger partial charge in [0.15, 0.2) is 6.10 Å². The highest BCUT2D eigenvalue weighted by Gasteiger charge is 2.21. The lowest BCUT2D eigenvalue weighted by Crippen LogP contribution is -2.24. The molecule has 0 fully saturated rings. The third kappa shape index (κ3) is 3.92. The lowest BCUT2D eigenvalue weighted by molar-refractivity contribution is -0.126. The topological polar surface area (TPSA) is 56.1 Å². The van der Waals surface area contributed by atoms with Gasteiger partial charge in [0.2, 0.25) is 0 Å². The van der Waals surface area contributed by atoms with Crippen LogP contribution in [-0.2, 0) is 16.1 Å². The predicted molar refractivity (Wildman–Crippen MR) is 81.9 cm³/mol. The van der Waals surface area contributed by atoms with Crippen molar-refractivity contribution in [2.45, 2.75) is 26.5 Å². The van der Waals surface area contributed by atoms with Gasteiger partial charge in [-0.3, -0.25) is 4.79 Å². The molecule has 0 aliphatic heterocycles. The van der Waals surface area contributed by atoms with Gasteiger partial charge in [-0.1, -0.05) is 44.2 Å². The Morgan fingerprint density at radius 2 is 2.00 bits per heavy atom. The summed E-state index contributed by atoms with van der Waals surface area (Å²) in [5.74, 6) is 0.939. The van der Waals surface area contributed by atoms with Gasteiger partial charge in [0.25, 0.3) is 5.91 Å². The second kappa shape index (κ2) is 7.04. The number of aromatic nitrogens is 2.